The number of hydrogen-bond acceptors (Lipinski definition) is 6. The highest BCUT2D eigenvalue weighted by atomic mass is 16.7. The number of ether oxygens (including phenoxy) is 3. The van der Waals surface area contributed by atoms with E-state index in [-0.39, 0.29) is 42.0 Å². The third-order valence-electron chi connectivity index (χ3n) is 4.36. The van der Waals surface area contributed by atoms with Gasteiger partial charge in [0.1, 0.15) is 29.5 Å². The Labute approximate surface area is 114 Å². The van der Waals surface area contributed by atoms with Gasteiger partial charge in [0.25, 0.3) is 0 Å². The topological polar surface area (TPSA) is 85.2 Å². The lowest BCUT2D eigenvalue weighted by Gasteiger charge is -2.29. The Balaban J connectivity index is 1.73. The molecule has 6 nitrogen and oxygen atoms in total. The van der Waals surface area contributed by atoms with Crippen molar-refractivity contribution in [2.75, 3.05) is 0 Å². The molecule has 0 radical (unpaired) electrons. The fourth-order valence-corrected chi connectivity index (χ4v) is 3.45. The van der Waals surface area contributed by atoms with E-state index in [1.165, 1.54) is 12.1 Å². The third kappa shape index (κ3) is 1.45. The number of rotatable bonds is 0. The van der Waals surface area contributed by atoms with Gasteiger partial charge in [-0.2, -0.15) is 0 Å². The van der Waals surface area contributed by atoms with Gasteiger partial charge in [0.15, 0.2) is 0 Å². The second kappa shape index (κ2) is 3.58. The second-order valence-corrected chi connectivity index (χ2v) is 5.69. The van der Waals surface area contributed by atoms with Crippen molar-refractivity contribution in [2.24, 2.45) is 5.92 Å². The maximum atomic E-state index is 11.5. The molecule has 0 saturated carbocycles. The number of phenols is 2. The van der Waals surface area contributed by atoms with E-state index >= 15 is 0 Å². The lowest BCUT2D eigenvalue weighted by atomic mass is 9.89. The molecule has 1 aromatic carbocycles. The van der Waals surface area contributed by atoms with Crippen molar-refractivity contribution in [1.29, 1.82) is 0 Å². The summed E-state index contributed by atoms with van der Waals surface area (Å²) >= 11 is 0. The van der Waals surface area contributed by atoms with Crippen LogP contribution in [0.2, 0.25) is 0 Å². The van der Waals surface area contributed by atoms with Crippen molar-refractivity contribution < 1.29 is 29.2 Å². The van der Waals surface area contributed by atoms with E-state index in [4.69, 9.17) is 14.2 Å². The quantitative estimate of drug-likeness (QED) is 0.691. The summed E-state index contributed by atoms with van der Waals surface area (Å²) in [5, 5.41) is 19.4. The number of fused-ring (bicyclic) bond motifs is 4. The summed E-state index contributed by atoms with van der Waals surface area (Å²) < 4.78 is 17.0. The molecule has 0 aliphatic carbocycles. The Bertz CT molecular complexity index is 612. The van der Waals surface area contributed by atoms with Crippen LogP contribution in [0, 0.1) is 5.92 Å². The minimum absolute atomic E-state index is 0.0127. The van der Waals surface area contributed by atoms with Crippen molar-refractivity contribution in [3.05, 3.63) is 17.7 Å². The maximum absolute atomic E-state index is 11.5. The molecule has 106 valence electrons. The molecule has 1 aromatic rings. The molecule has 20 heavy (non-hydrogen) atoms. The van der Waals surface area contributed by atoms with Gasteiger partial charge in [-0.1, -0.05) is 0 Å². The minimum atomic E-state index is -0.952. The van der Waals surface area contributed by atoms with Gasteiger partial charge < -0.3 is 24.4 Å². The maximum Gasteiger partial charge on any atom is 0.308 e. The van der Waals surface area contributed by atoms with Gasteiger partial charge in [0, 0.05) is 31.0 Å². The molecule has 0 unspecified atom stereocenters. The zero-order valence-electron chi connectivity index (χ0n) is 10.8. The van der Waals surface area contributed by atoms with Crippen molar-refractivity contribution in [2.45, 2.75) is 37.8 Å². The molecule has 6 heteroatoms. The van der Waals surface area contributed by atoms with Crippen molar-refractivity contribution >= 4 is 5.97 Å². The van der Waals surface area contributed by atoms with Crippen LogP contribution in [-0.2, 0) is 20.7 Å². The molecule has 0 bridgehead atoms. The summed E-state index contributed by atoms with van der Waals surface area (Å²) in [7, 11) is 0. The second-order valence-electron chi connectivity index (χ2n) is 5.69. The van der Waals surface area contributed by atoms with E-state index < -0.39 is 5.79 Å². The van der Waals surface area contributed by atoms with E-state index in [1.54, 1.807) is 6.92 Å². The summed E-state index contributed by atoms with van der Waals surface area (Å²) in [4.78, 5) is 11.5. The summed E-state index contributed by atoms with van der Waals surface area (Å²) in [6.07, 6.45) is 0.161. The molecule has 2 saturated heterocycles. The number of hydrogen-bond donors (Lipinski definition) is 2. The van der Waals surface area contributed by atoms with Crippen LogP contribution >= 0.6 is 0 Å². The van der Waals surface area contributed by atoms with Crippen LogP contribution < -0.4 is 4.74 Å². The van der Waals surface area contributed by atoms with E-state index in [2.05, 4.69) is 0 Å². The molecule has 4 atom stereocenters. The molecule has 4 rings (SSSR count). The first-order chi connectivity index (χ1) is 9.46. The number of carbonyl (C=O) groups is 1. The van der Waals surface area contributed by atoms with E-state index in [0.717, 1.165) is 0 Å². The van der Waals surface area contributed by atoms with Crippen LogP contribution in [0.5, 0.6) is 17.2 Å². The largest absolute Gasteiger partial charge is 0.508 e. The van der Waals surface area contributed by atoms with Gasteiger partial charge in [0.05, 0.1) is 12.3 Å². The summed E-state index contributed by atoms with van der Waals surface area (Å²) in [6, 6.07) is 2.75. The first-order valence-electron chi connectivity index (χ1n) is 6.57. The molecule has 3 heterocycles. The normalized spacial score (nSPS) is 37.6. The zero-order valence-corrected chi connectivity index (χ0v) is 10.8. The SMILES string of the molecule is C[C@]12OC(=O)C[C@H]1[C@H]1Oc3cc(O)cc(O)c3C[C@H]1O2. The Morgan fingerprint density at radius 2 is 2.10 bits per heavy atom. The van der Waals surface area contributed by atoms with Gasteiger partial charge in [-0.25, -0.2) is 0 Å². The molecule has 0 spiro atoms. The van der Waals surface area contributed by atoms with E-state index in [0.29, 0.717) is 17.7 Å². The lowest BCUT2D eigenvalue weighted by molar-refractivity contribution is -0.206. The fraction of sp³-hybridized carbons (Fsp3) is 0.500. The van der Waals surface area contributed by atoms with Crippen molar-refractivity contribution in [3.63, 3.8) is 0 Å². The predicted molar refractivity (Wildman–Crippen MR) is 65.4 cm³/mol. The first-order valence-corrected chi connectivity index (χ1v) is 6.57. The van der Waals surface area contributed by atoms with Gasteiger partial charge in [-0.15, -0.1) is 0 Å². The van der Waals surface area contributed by atoms with E-state index in [9.17, 15) is 15.0 Å². The molecular formula is C14H14O6. The Kier molecular flexibility index (Phi) is 2.12. The van der Waals surface area contributed by atoms with Gasteiger partial charge in [0.2, 0.25) is 5.79 Å². The highest BCUT2D eigenvalue weighted by Gasteiger charge is 2.61. The lowest BCUT2D eigenvalue weighted by Crippen LogP contribution is -2.38. The van der Waals surface area contributed by atoms with Gasteiger partial charge in [-0.05, 0) is 0 Å². The molecule has 2 fully saturated rings. The highest BCUT2D eigenvalue weighted by molar-refractivity contribution is 5.73. The Hall–Kier alpha value is -1.95. The standard InChI is InChI=1S/C14H14O6/c1-14-8(5-12(17)20-14)13-11(19-14)4-7-9(16)2-6(15)3-10(7)18-13/h2-3,8,11,13,15-16H,4-5H2,1H3/t8-,11+,13+,14-/m0/s1. The van der Waals surface area contributed by atoms with Crippen LogP contribution in [0.25, 0.3) is 0 Å². The van der Waals surface area contributed by atoms with Crippen LogP contribution in [0.3, 0.4) is 0 Å². The summed E-state index contributed by atoms with van der Waals surface area (Å²) in [5.41, 5.74) is 0.610. The van der Waals surface area contributed by atoms with E-state index in [1.807, 2.05) is 0 Å². The molecule has 0 amide bonds. The molecule has 3 aliphatic rings. The number of benzene rings is 1. The zero-order chi connectivity index (χ0) is 14.1. The molecule has 3 aliphatic heterocycles. The fourth-order valence-electron chi connectivity index (χ4n) is 3.45. The van der Waals surface area contributed by atoms with Crippen LogP contribution in [-0.4, -0.2) is 34.2 Å². The average Bonchev–Trinajstić information content (AvgIpc) is 2.76. The van der Waals surface area contributed by atoms with Gasteiger partial charge >= 0.3 is 5.97 Å². The average molecular weight is 278 g/mol. The first kappa shape index (κ1) is 11.8. The summed E-state index contributed by atoms with van der Waals surface area (Å²) in [5.74, 6) is -1.04. The van der Waals surface area contributed by atoms with Crippen LogP contribution in [0.1, 0.15) is 18.9 Å². The Morgan fingerprint density at radius 1 is 1.30 bits per heavy atom. The summed E-state index contributed by atoms with van der Waals surface area (Å²) in [6.45, 7) is 1.74. The smallest absolute Gasteiger partial charge is 0.308 e. The third-order valence-corrected chi connectivity index (χ3v) is 4.36. The molecule has 0 aromatic heterocycles. The van der Waals surface area contributed by atoms with Crippen molar-refractivity contribution in [3.8, 4) is 17.2 Å². The van der Waals surface area contributed by atoms with Gasteiger partial charge in [-0.3, -0.25) is 4.79 Å². The molecular weight excluding hydrogens is 264 g/mol. The number of phenolic OH excluding ortho intramolecular Hbond substituents is 2. The number of aromatic hydroxyl groups is 2. The minimum Gasteiger partial charge on any atom is -0.508 e. The van der Waals surface area contributed by atoms with Crippen LogP contribution in [0.4, 0.5) is 0 Å². The number of carbonyl (C=O) groups excluding carboxylic acids is 1. The molecule has 2 N–H and O–H groups in total. The van der Waals surface area contributed by atoms with Crippen molar-refractivity contribution in [1.82, 2.24) is 0 Å². The number of esters is 1. The monoisotopic (exact) mass is 278 g/mol. The predicted octanol–water partition coefficient (Wildman–Crippen LogP) is 1.08. The highest BCUT2D eigenvalue weighted by Crippen LogP contribution is 2.50. The van der Waals surface area contributed by atoms with Crippen LogP contribution in [0.15, 0.2) is 12.1 Å². The Morgan fingerprint density at radius 3 is 2.90 bits per heavy atom.